The molecule has 0 bridgehead atoms. The Bertz CT molecular complexity index is 579. The monoisotopic (exact) mass is 270 g/mol. The van der Waals surface area contributed by atoms with Crippen LogP contribution in [0.3, 0.4) is 0 Å². The van der Waals surface area contributed by atoms with Crippen LogP contribution in [0.2, 0.25) is 5.02 Å². The van der Waals surface area contributed by atoms with Crippen molar-refractivity contribution >= 4 is 23.8 Å². The zero-order valence-corrected chi connectivity index (χ0v) is 10.9. The molecule has 17 heavy (non-hydrogen) atoms. The predicted octanol–water partition coefficient (Wildman–Crippen LogP) is 3.83. The third-order valence-electron chi connectivity index (χ3n) is 2.24. The average molecular weight is 271 g/mol. The Morgan fingerprint density at radius 2 is 2.29 bits per heavy atom. The number of hydrogen-bond acceptors (Lipinski definition) is 4. The van der Waals surface area contributed by atoms with Gasteiger partial charge in [0.2, 0.25) is 0 Å². The number of hydrogen-bond donors (Lipinski definition) is 1. The first kappa shape index (κ1) is 12.1. The van der Waals surface area contributed by atoms with E-state index in [2.05, 4.69) is 10.2 Å². The van der Waals surface area contributed by atoms with Crippen molar-refractivity contribution in [1.29, 1.82) is 0 Å². The second kappa shape index (κ2) is 4.89. The van der Waals surface area contributed by atoms with Crippen molar-refractivity contribution in [2.24, 2.45) is 0 Å². The van der Waals surface area contributed by atoms with Crippen LogP contribution < -0.4 is 4.74 Å². The maximum atomic E-state index is 5.87. The minimum atomic E-state index is -0.317. The van der Waals surface area contributed by atoms with Gasteiger partial charge in [0.1, 0.15) is 5.75 Å². The van der Waals surface area contributed by atoms with Crippen molar-refractivity contribution in [3.05, 3.63) is 39.5 Å². The van der Waals surface area contributed by atoms with Crippen LogP contribution in [0, 0.1) is 11.8 Å². The molecule has 0 aliphatic heterocycles. The van der Waals surface area contributed by atoms with Crippen molar-refractivity contribution in [3.8, 4) is 5.75 Å². The van der Waals surface area contributed by atoms with Gasteiger partial charge in [-0.15, -0.1) is 5.10 Å². The summed E-state index contributed by atoms with van der Waals surface area (Å²) in [6, 6.07) is 5.43. The molecule has 0 spiro atoms. The van der Waals surface area contributed by atoms with E-state index in [-0.39, 0.29) is 10.9 Å². The van der Waals surface area contributed by atoms with Crippen molar-refractivity contribution < 1.29 is 9.15 Å². The molecule has 0 amide bonds. The van der Waals surface area contributed by atoms with Gasteiger partial charge >= 0.3 is 0 Å². The fourth-order valence-corrected chi connectivity index (χ4v) is 1.76. The lowest BCUT2D eigenvalue weighted by molar-refractivity contribution is 0.186. The van der Waals surface area contributed by atoms with Gasteiger partial charge in [0, 0.05) is 5.02 Å². The molecule has 0 aliphatic rings. The fourth-order valence-electron chi connectivity index (χ4n) is 1.40. The Kier molecular flexibility index (Phi) is 3.49. The van der Waals surface area contributed by atoms with Crippen LogP contribution in [0.25, 0.3) is 0 Å². The van der Waals surface area contributed by atoms with Crippen molar-refractivity contribution in [2.45, 2.75) is 20.0 Å². The minimum absolute atomic E-state index is 0.239. The number of H-pyrrole nitrogens is 1. The zero-order chi connectivity index (χ0) is 12.4. The van der Waals surface area contributed by atoms with E-state index in [1.54, 1.807) is 6.07 Å². The quantitative estimate of drug-likeness (QED) is 0.861. The first-order valence-corrected chi connectivity index (χ1v) is 5.83. The topological polar surface area (TPSA) is 51.0 Å². The highest BCUT2D eigenvalue weighted by Gasteiger charge is 2.14. The molecule has 0 fully saturated rings. The summed E-state index contributed by atoms with van der Waals surface area (Å²) in [5, 5.41) is 7.15. The molecule has 0 saturated heterocycles. The number of aromatic nitrogens is 2. The van der Waals surface area contributed by atoms with Crippen LogP contribution in [0.15, 0.2) is 22.6 Å². The highest BCUT2D eigenvalue weighted by Crippen LogP contribution is 2.26. The normalized spacial score (nSPS) is 12.4. The van der Waals surface area contributed by atoms with E-state index >= 15 is 0 Å². The summed E-state index contributed by atoms with van der Waals surface area (Å²) in [6.07, 6.45) is -0.317. The van der Waals surface area contributed by atoms with Gasteiger partial charge in [-0.25, -0.2) is 5.10 Å². The van der Waals surface area contributed by atoms with Gasteiger partial charge in [0.05, 0.1) is 0 Å². The van der Waals surface area contributed by atoms with Crippen molar-refractivity contribution in [1.82, 2.24) is 10.2 Å². The largest absolute Gasteiger partial charge is 0.481 e. The van der Waals surface area contributed by atoms with E-state index in [0.29, 0.717) is 10.9 Å². The molecule has 6 heteroatoms. The number of ether oxygens (including phenoxy) is 1. The van der Waals surface area contributed by atoms with Crippen molar-refractivity contribution in [3.63, 3.8) is 0 Å². The number of rotatable bonds is 3. The molecule has 1 atom stereocenters. The Morgan fingerprint density at radius 1 is 1.53 bits per heavy atom. The van der Waals surface area contributed by atoms with Crippen LogP contribution in [-0.2, 0) is 0 Å². The van der Waals surface area contributed by atoms with Crippen LogP contribution in [0.5, 0.6) is 5.75 Å². The number of aromatic amines is 1. The number of nitrogens with one attached hydrogen (secondary N) is 1. The lowest BCUT2D eigenvalue weighted by atomic mass is 10.2. The van der Waals surface area contributed by atoms with E-state index in [4.69, 9.17) is 33.0 Å². The third kappa shape index (κ3) is 2.87. The zero-order valence-electron chi connectivity index (χ0n) is 9.36. The SMILES string of the molecule is Cc1cc(Cl)ccc1OC(C)c1n[nH]c(=S)o1. The summed E-state index contributed by atoms with van der Waals surface area (Å²) < 4.78 is 10.9. The van der Waals surface area contributed by atoms with E-state index < -0.39 is 0 Å². The Balaban J connectivity index is 2.18. The van der Waals surface area contributed by atoms with Gasteiger partial charge in [0.15, 0.2) is 6.10 Å². The minimum Gasteiger partial charge on any atom is -0.481 e. The van der Waals surface area contributed by atoms with Gasteiger partial charge in [0.25, 0.3) is 10.7 Å². The first-order chi connectivity index (χ1) is 8.06. The number of benzene rings is 1. The Labute approximate surface area is 109 Å². The van der Waals surface area contributed by atoms with E-state index in [1.165, 1.54) is 0 Å². The molecule has 1 aromatic carbocycles. The molecule has 0 radical (unpaired) electrons. The van der Waals surface area contributed by atoms with E-state index in [1.807, 2.05) is 26.0 Å². The van der Waals surface area contributed by atoms with E-state index in [0.717, 1.165) is 11.3 Å². The second-order valence-corrected chi connectivity index (χ2v) is 4.43. The molecular weight excluding hydrogens is 260 g/mol. The van der Waals surface area contributed by atoms with Crippen LogP contribution in [0.4, 0.5) is 0 Å². The fraction of sp³-hybridized carbons (Fsp3) is 0.273. The van der Waals surface area contributed by atoms with Gasteiger partial charge < -0.3 is 9.15 Å². The Morgan fingerprint density at radius 3 is 2.88 bits per heavy atom. The predicted molar refractivity (Wildman–Crippen MR) is 66.9 cm³/mol. The second-order valence-electron chi connectivity index (χ2n) is 3.62. The summed E-state index contributed by atoms with van der Waals surface area (Å²) in [7, 11) is 0. The summed E-state index contributed by atoms with van der Waals surface area (Å²) in [5.41, 5.74) is 0.957. The molecule has 1 unspecified atom stereocenters. The van der Waals surface area contributed by atoms with E-state index in [9.17, 15) is 0 Å². The molecule has 0 saturated carbocycles. The summed E-state index contributed by atoms with van der Waals surface area (Å²) in [4.78, 5) is 0.239. The molecule has 4 nitrogen and oxygen atoms in total. The molecule has 0 aliphatic carbocycles. The standard InChI is InChI=1S/C11H11ClN2O2S/c1-6-5-8(12)3-4-9(6)15-7(2)10-13-14-11(17)16-10/h3-5,7H,1-2H3,(H,14,17). The lowest BCUT2D eigenvalue weighted by Crippen LogP contribution is -2.04. The maximum Gasteiger partial charge on any atom is 0.284 e. The lowest BCUT2D eigenvalue weighted by Gasteiger charge is -2.13. The highest BCUT2D eigenvalue weighted by molar-refractivity contribution is 7.71. The molecule has 1 N–H and O–H groups in total. The first-order valence-electron chi connectivity index (χ1n) is 5.04. The molecule has 1 aromatic heterocycles. The smallest absolute Gasteiger partial charge is 0.284 e. The van der Waals surface area contributed by atoms with Crippen LogP contribution >= 0.6 is 23.8 Å². The summed E-state index contributed by atoms with van der Waals surface area (Å²) >= 11 is 10.7. The third-order valence-corrected chi connectivity index (χ3v) is 2.65. The Hall–Kier alpha value is -1.33. The molecule has 1 heterocycles. The van der Waals surface area contributed by atoms with Gasteiger partial charge in [-0.2, -0.15) is 0 Å². The molecule has 2 aromatic rings. The number of nitrogens with zero attached hydrogens (tertiary/aromatic N) is 1. The van der Waals surface area contributed by atoms with Gasteiger partial charge in [-0.1, -0.05) is 11.6 Å². The number of halogens is 1. The molecular formula is C11H11ClN2O2S. The number of aryl methyl sites for hydroxylation is 1. The average Bonchev–Trinajstić information content (AvgIpc) is 2.69. The summed E-state index contributed by atoms with van der Waals surface area (Å²) in [5.74, 6) is 1.16. The molecule has 2 rings (SSSR count). The van der Waals surface area contributed by atoms with Gasteiger partial charge in [-0.05, 0) is 49.8 Å². The molecule has 90 valence electrons. The van der Waals surface area contributed by atoms with Crippen LogP contribution in [0.1, 0.15) is 24.5 Å². The highest BCUT2D eigenvalue weighted by atomic mass is 35.5. The van der Waals surface area contributed by atoms with Gasteiger partial charge in [-0.3, -0.25) is 0 Å². The van der Waals surface area contributed by atoms with Crippen molar-refractivity contribution in [2.75, 3.05) is 0 Å². The summed E-state index contributed by atoms with van der Waals surface area (Å²) in [6.45, 7) is 3.76. The van der Waals surface area contributed by atoms with Crippen LogP contribution in [-0.4, -0.2) is 10.2 Å². The maximum absolute atomic E-state index is 5.87.